The van der Waals surface area contributed by atoms with E-state index in [1.807, 2.05) is 0 Å². The number of hydrogen-bond donors (Lipinski definition) is 0. The van der Waals surface area contributed by atoms with Gasteiger partial charge in [0.1, 0.15) is 0 Å². The van der Waals surface area contributed by atoms with Gasteiger partial charge in [-0.05, 0) is 94.7 Å². The molecule has 218 valence electrons. The summed E-state index contributed by atoms with van der Waals surface area (Å²) in [4.78, 5) is 0. The number of halogens is 3. The Balaban J connectivity index is 1.56. The van der Waals surface area contributed by atoms with Crippen molar-refractivity contribution < 1.29 is 13.2 Å². The minimum Gasteiger partial charge on any atom is -0.166 e. The second-order valence-corrected chi connectivity index (χ2v) is 14.9. The van der Waals surface area contributed by atoms with Crippen molar-refractivity contribution in [3.63, 3.8) is 0 Å². The van der Waals surface area contributed by atoms with E-state index in [4.69, 9.17) is 0 Å². The van der Waals surface area contributed by atoms with Gasteiger partial charge in [-0.1, -0.05) is 131 Å². The van der Waals surface area contributed by atoms with Crippen LogP contribution in [0.2, 0.25) is 0 Å². The van der Waals surface area contributed by atoms with Crippen molar-refractivity contribution in [2.45, 2.75) is 88.6 Å². The lowest BCUT2D eigenvalue weighted by atomic mass is 9.87. The molecule has 0 bridgehead atoms. The smallest absolute Gasteiger partial charge is 0.166 e. The third kappa shape index (κ3) is 6.23. The molecule has 2 saturated carbocycles. The fraction of sp³-hybridized carbons (Fsp3) is 0.368. The zero-order valence-electron chi connectivity index (χ0n) is 24.5. The normalized spacial score (nSPS) is 17.1. The Bertz CT molecular complexity index is 1460. The molecule has 0 spiro atoms. The zero-order valence-corrected chi connectivity index (χ0v) is 25.4. The van der Waals surface area contributed by atoms with Crippen LogP contribution in [-0.4, -0.2) is 11.3 Å². The molecule has 4 heteroatoms. The van der Waals surface area contributed by atoms with E-state index in [0.717, 1.165) is 39.1 Å². The highest BCUT2D eigenvalue weighted by Crippen LogP contribution is 2.57. The van der Waals surface area contributed by atoms with E-state index in [1.54, 1.807) is 12.1 Å². The summed E-state index contributed by atoms with van der Waals surface area (Å²) in [6.07, 6.45) is 8.94. The van der Waals surface area contributed by atoms with Gasteiger partial charge in [-0.2, -0.15) is 13.2 Å². The van der Waals surface area contributed by atoms with Crippen LogP contribution in [0.1, 0.15) is 75.3 Å². The van der Waals surface area contributed by atoms with Gasteiger partial charge >= 0.3 is 6.18 Å². The molecule has 0 nitrogen and oxygen atoms in total. The summed E-state index contributed by atoms with van der Waals surface area (Å²) < 4.78 is 40.4. The fourth-order valence-corrected chi connectivity index (χ4v) is 11.2. The number of alkyl halides is 3. The maximum atomic E-state index is 13.5. The largest absolute Gasteiger partial charge is 0.416 e. The van der Waals surface area contributed by atoms with Crippen molar-refractivity contribution in [3.8, 4) is 33.4 Å². The quantitative estimate of drug-likeness (QED) is 0.198. The number of aryl methyl sites for hydroxylation is 1. The average molecular weight is 585 g/mol. The standard InChI is InChI=1S/C38H40F3P/c1-27-19-21-28(22-20-27)33-16-10-17-34(29-23-25-30(26-24-29)38(39,40)41)37(33)35-15-8-9-18-36(35)42(31-11-4-2-5-12-31)32-13-6-3-7-14-32/h8-10,15-26,31-32H,2-7,11-14H2,1H3. The molecule has 0 atom stereocenters. The molecular formula is C38H40F3P. The maximum absolute atomic E-state index is 13.5. The third-order valence-corrected chi connectivity index (χ3v) is 12.9. The van der Waals surface area contributed by atoms with E-state index >= 15 is 0 Å². The predicted octanol–water partition coefficient (Wildman–Crippen LogP) is 11.8. The predicted molar refractivity (Wildman–Crippen MR) is 173 cm³/mol. The zero-order chi connectivity index (χ0) is 29.1. The van der Waals surface area contributed by atoms with Crippen LogP contribution >= 0.6 is 7.92 Å². The van der Waals surface area contributed by atoms with E-state index in [0.29, 0.717) is 0 Å². The number of hydrogen-bond acceptors (Lipinski definition) is 0. The second kappa shape index (κ2) is 12.8. The van der Waals surface area contributed by atoms with Crippen molar-refractivity contribution in [2.24, 2.45) is 0 Å². The number of benzene rings is 4. The van der Waals surface area contributed by atoms with Gasteiger partial charge in [-0.25, -0.2) is 0 Å². The summed E-state index contributed by atoms with van der Waals surface area (Å²) in [6.45, 7) is 2.10. The van der Waals surface area contributed by atoms with E-state index in [2.05, 4.69) is 73.7 Å². The lowest BCUT2D eigenvalue weighted by Crippen LogP contribution is -2.27. The van der Waals surface area contributed by atoms with Gasteiger partial charge in [0.2, 0.25) is 0 Å². The number of rotatable bonds is 6. The Kier molecular flexibility index (Phi) is 8.87. The first-order valence-corrected chi connectivity index (χ1v) is 17.1. The van der Waals surface area contributed by atoms with Gasteiger partial charge in [-0.15, -0.1) is 0 Å². The molecule has 0 aliphatic heterocycles. The molecule has 0 saturated heterocycles. The molecule has 6 rings (SSSR count). The molecular weight excluding hydrogens is 544 g/mol. The minimum absolute atomic E-state index is 0.374. The van der Waals surface area contributed by atoms with Gasteiger partial charge < -0.3 is 0 Å². The van der Waals surface area contributed by atoms with Crippen LogP contribution in [-0.2, 0) is 6.18 Å². The Morgan fingerprint density at radius 3 is 1.55 bits per heavy atom. The first kappa shape index (κ1) is 29.2. The van der Waals surface area contributed by atoms with Crippen LogP contribution in [0.15, 0.2) is 91.0 Å². The van der Waals surface area contributed by atoms with Crippen molar-refractivity contribution in [3.05, 3.63) is 102 Å². The monoisotopic (exact) mass is 584 g/mol. The Hall–Kier alpha value is -2.90. The van der Waals surface area contributed by atoms with Crippen LogP contribution in [0, 0.1) is 6.92 Å². The molecule has 0 aromatic heterocycles. The third-order valence-electron chi connectivity index (χ3n) is 9.34. The first-order valence-electron chi connectivity index (χ1n) is 15.7. The highest BCUT2D eigenvalue weighted by molar-refractivity contribution is 7.67. The van der Waals surface area contributed by atoms with E-state index < -0.39 is 11.7 Å². The average Bonchev–Trinajstić information content (AvgIpc) is 3.02. The van der Waals surface area contributed by atoms with Gasteiger partial charge in [0.15, 0.2) is 0 Å². The molecule has 0 heterocycles. The van der Waals surface area contributed by atoms with E-state index in [9.17, 15) is 13.2 Å². The molecule has 2 fully saturated rings. The van der Waals surface area contributed by atoms with Crippen molar-refractivity contribution in [2.75, 3.05) is 0 Å². The molecule has 4 aromatic carbocycles. The summed E-state index contributed by atoms with van der Waals surface area (Å²) >= 11 is 0. The highest BCUT2D eigenvalue weighted by atomic mass is 31.1. The topological polar surface area (TPSA) is 0 Å². The molecule has 0 N–H and O–H groups in total. The second-order valence-electron chi connectivity index (χ2n) is 12.2. The Morgan fingerprint density at radius 1 is 0.548 bits per heavy atom. The Labute approximate surface area is 250 Å². The van der Waals surface area contributed by atoms with E-state index in [1.165, 1.54) is 92.8 Å². The van der Waals surface area contributed by atoms with Gasteiger partial charge in [0.25, 0.3) is 0 Å². The van der Waals surface area contributed by atoms with Gasteiger partial charge in [0.05, 0.1) is 5.56 Å². The SMILES string of the molecule is Cc1ccc(-c2cccc(-c3ccc(C(F)(F)F)cc3)c2-c2ccccc2P(C2CCCCC2)C2CCCCC2)cc1. The van der Waals surface area contributed by atoms with Gasteiger partial charge in [-0.3, -0.25) is 0 Å². The highest BCUT2D eigenvalue weighted by Gasteiger charge is 2.34. The molecule has 0 amide bonds. The van der Waals surface area contributed by atoms with Crippen LogP contribution in [0.5, 0.6) is 0 Å². The fourth-order valence-electron chi connectivity index (χ4n) is 7.22. The Morgan fingerprint density at radius 2 is 1.02 bits per heavy atom. The minimum atomic E-state index is -4.35. The van der Waals surface area contributed by atoms with Crippen molar-refractivity contribution >= 4 is 13.2 Å². The summed E-state index contributed by atoms with van der Waals surface area (Å²) in [5.74, 6) is 0. The lowest BCUT2D eigenvalue weighted by molar-refractivity contribution is -0.137. The van der Waals surface area contributed by atoms with Crippen LogP contribution in [0.3, 0.4) is 0 Å². The maximum Gasteiger partial charge on any atom is 0.416 e. The van der Waals surface area contributed by atoms with Crippen LogP contribution < -0.4 is 5.30 Å². The summed E-state index contributed by atoms with van der Waals surface area (Å²) in [5.41, 5.74) is 8.61. The summed E-state index contributed by atoms with van der Waals surface area (Å²) in [7, 11) is -0.374. The summed E-state index contributed by atoms with van der Waals surface area (Å²) in [5, 5.41) is 1.50. The van der Waals surface area contributed by atoms with Crippen molar-refractivity contribution in [1.82, 2.24) is 0 Å². The van der Waals surface area contributed by atoms with E-state index in [-0.39, 0.29) is 7.92 Å². The van der Waals surface area contributed by atoms with Crippen LogP contribution in [0.4, 0.5) is 13.2 Å². The molecule has 0 unspecified atom stereocenters. The molecule has 2 aliphatic carbocycles. The summed E-state index contributed by atoms with van der Waals surface area (Å²) in [6, 6.07) is 29.8. The molecule has 0 radical (unpaired) electrons. The van der Waals surface area contributed by atoms with Gasteiger partial charge in [0, 0.05) is 0 Å². The molecule has 42 heavy (non-hydrogen) atoms. The molecule has 4 aromatic rings. The van der Waals surface area contributed by atoms with Crippen LogP contribution in [0.25, 0.3) is 33.4 Å². The lowest BCUT2D eigenvalue weighted by Gasteiger charge is -2.40. The first-order chi connectivity index (χ1) is 20.4. The molecule has 2 aliphatic rings. The van der Waals surface area contributed by atoms with Crippen molar-refractivity contribution in [1.29, 1.82) is 0 Å².